The van der Waals surface area contributed by atoms with Crippen LogP contribution in [0.2, 0.25) is 0 Å². The maximum absolute atomic E-state index is 12.2. The summed E-state index contributed by atoms with van der Waals surface area (Å²) in [5, 5.41) is 7.45. The van der Waals surface area contributed by atoms with Gasteiger partial charge in [-0.25, -0.2) is 4.68 Å². The van der Waals surface area contributed by atoms with Gasteiger partial charge in [-0.2, -0.15) is 5.10 Å². The van der Waals surface area contributed by atoms with Crippen LogP contribution in [0.15, 0.2) is 42.6 Å². The predicted octanol–water partition coefficient (Wildman–Crippen LogP) is 1.71. The van der Waals surface area contributed by atoms with E-state index in [0.717, 1.165) is 24.2 Å². The molecule has 1 aliphatic heterocycles. The van der Waals surface area contributed by atoms with E-state index in [1.807, 2.05) is 47.3 Å². The molecule has 2 aromatic rings. The molecule has 0 radical (unpaired) electrons. The number of nitrogens with zero attached hydrogens (tertiary/aromatic N) is 2. The van der Waals surface area contributed by atoms with E-state index in [9.17, 15) is 4.79 Å². The third kappa shape index (κ3) is 5.29. The minimum atomic E-state index is -0.448. The van der Waals surface area contributed by atoms with Gasteiger partial charge in [0.2, 0.25) is 5.91 Å². The molecule has 1 amide bonds. The van der Waals surface area contributed by atoms with E-state index in [4.69, 9.17) is 10.5 Å². The van der Waals surface area contributed by atoms with Crippen LogP contribution in [0.25, 0.3) is 5.69 Å². The highest BCUT2D eigenvalue weighted by molar-refractivity contribution is 5.85. The second kappa shape index (κ2) is 9.56. The van der Waals surface area contributed by atoms with Crippen LogP contribution in [0.3, 0.4) is 0 Å². The molecule has 1 saturated heterocycles. The number of benzene rings is 1. The number of nitrogens with one attached hydrogen (secondary N) is 1. The summed E-state index contributed by atoms with van der Waals surface area (Å²) in [5.74, 6) is 0.139. The number of carbonyl (C=O) groups excluding carboxylic acids is 1. The summed E-state index contributed by atoms with van der Waals surface area (Å²) < 4.78 is 7.15. The molecule has 1 atom stereocenters. The zero-order chi connectivity index (χ0) is 16.8. The fraction of sp³-hybridized carbons (Fsp3) is 0.444. The fourth-order valence-electron chi connectivity index (χ4n) is 2.94. The van der Waals surface area contributed by atoms with Crippen molar-refractivity contribution in [1.82, 2.24) is 15.1 Å². The summed E-state index contributed by atoms with van der Waals surface area (Å²) in [6.45, 7) is 1.94. The number of para-hydroxylation sites is 1. The van der Waals surface area contributed by atoms with Crippen molar-refractivity contribution in [3.8, 4) is 5.69 Å². The Bertz CT molecular complexity index is 656. The van der Waals surface area contributed by atoms with Crippen LogP contribution in [-0.2, 0) is 16.0 Å². The molecule has 2 heterocycles. The van der Waals surface area contributed by atoms with Crippen molar-refractivity contribution < 1.29 is 9.53 Å². The molecule has 0 spiro atoms. The normalized spacial score (nSPS) is 16.0. The molecule has 0 bridgehead atoms. The third-order valence-electron chi connectivity index (χ3n) is 4.42. The lowest BCUT2D eigenvalue weighted by molar-refractivity contribution is -0.124. The Balaban J connectivity index is 0.00000225. The molecule has 25 heavy (non-hydrogen) atoms. The molecule has 136 valence electrons. The van der Waals surface area contributed by atoms with Gasteiger partial charge < -0.3 is 15.8 Å². The van der Waals surface area contributed by atoms with E-state index in [0.29, 0.717) is 26.2 Å². The van der Waals surface area contributed by atoms with Crippen LogP contribution in [0.1, 0.15) is 18.5 Å². The van der Waals surface area contributed by atoms with E-state index in [1.54, 1.807) is 0 Å². The van der Waals surface area contributed by atoms with E-state index < -0.39 is 6.04 Å². The second-order valence-corrected chi connectivity index (χ2v) is 6.10. The number of aromatic nitrogens is 2. The summed E-state index contributed by atoms with van der Waals surface area (Å²) in [7, 11) is 0. The Morgan fingerprint density at radius 2 is 2.00 bits per heavy atom. The van der Waals surface area contributed by atoms with Gasteiger partial charge in [0.15, 0.2) is 0 Å². The van der Waals surface area contributed by atoms with Crippen LogP contribution >= 0.6 is 12.4 Å². The Labute approximate surface area is 154 Å². The average molecular weight is 365 g/mol. The Morgan fingerprint density at radius 1 is 1.28 bits per heavy atom. The molecule has 6 nitrogen and oxygen atoms in total. The largest absolute Gasteiger partial charge is 0.381 e. The molecule has 1 unspecified atom stereocenters. The van der Waals surface area contributed by atoms with E-state index in [1.165, 1.54) is 0 Å². The van der Waals surface area contributed by atoms with Gasteiger partial charge in [-0.3, -0.25) is 4.79 Å². The summed E-state index contributed by atoms with van der Waals surface area (Å²) in [5.41, 5.74) is 8.03. The molecule has 1 aliphatic rings. The van der Waals surface area contributed by atoms with Crippen molar-refractivity contribution in [1.29, 1.82) is 0 Å². The van der Waals surface area contributed by atoms with Crippen LogP contribution in [0.4, 0.5) is 0 Å². The topological polar surface area (TPSA) is 82.2 Å². The van der Waals surface area contributed by atoms with Gasteiger partial charge in [-0.05, 0) is 37.0 Å². The minimum absolute atomic E-state index is 0. The highest BCUT2D eigenvalue weighted by Gasteiger charge is 2.26. The Kier molecular flexibility index (Phi) is 7.43. The Morgan fingerprint density at radius 3 is 2.72 bits per heavy atom. The summed E-state index contributed by atoms with van der Waals surface area (Å²) in [6, 6.07) is 11.5. The molecule has 3 N–H and O–H groups in total. The van der Waals surface area contributed by atoms with E-state index in [2.05, 4.69) is 10.4 Å². The number of carbonyl (C=O) groups is 1. The average Bonchev–Trinajstić information content (AvgIpc) is 3.11. The van der Waals surface area contributed by atoms with Crippen molar-refractivity contribution in [2.24, 2.45) is 11.7 Å². The lowest BCUT2D eigenvalue weighted by Gasteiger charge is -2.26. The number of ether oxygens (including phenoxy) is 1. The molecular formula is C18H25ClN4O2. The molecule has 7 heteroatoms. The number of rotatable bonds is 6. The van der Waals surface area contributed by atoms with Gasteiger partial charge >= 0.3 is 0 Å². The number of hydrogen-bond acceptors (Lipinski definition) is 4. The van der Waals surface area contributed by atoms with E-state index >= 15 is 0 Å². The molecule has 1 aromatic heterocycles. The third-order valence-corrected chi connectivity index (χ3v) is 4.42. The quantitative estimate of drug-likeness (QED) is 0.817. The van der Waals surface area contributed by atoms with Crippen molar-refractivity contribution >= 4 is 18.3 Å². The monoisotopic (exact) mass is 364 g/mol. The molecule has 3 rings (SSSR count). The maximum Gasteiger partial charge on any atom is 0.237 e. The maximum atomic E-state index is 12.2. The highest BCUT2D eigenvalue weighted by atomic mass is 35.5. The number of halogens is 1. The standard InChI is InChI=1S/C18H24N4O2.ClH/c19-17(14-8-12-24-13-9-14)18(23)20-10-6-15-7-11-22(21-15)16-4-2-1-3-5-16;/h1-5,7,11,14,17H,6,8-10,12-13,19H2,(H,20,23);1H. The number of hydrogen-bond donors (Lipinski definition) is 2. The predicted molar refractivity (Wildman–Crippen MR) is 99.0 cm³/mol. The first-order chi connectivity index (χ1) is 11.7. The summed E-state index contributed by atoms with van der Waals surface area (Å²) >= 11 is 0. The Hall–Kier alpha value is -1.89. The SMILES string of the molecule is Cl.NC(C(=O)NCCc1ccn(-c2ccccc2)n1)C1CCOCC1. The van der Waals surface area contributed by atoms with Crippen molar-refractivity contribution in [3.05, 3.63) is 48.3 Å². The van der Waals surface area contributed by atoms with E-state index in [-0.39, 0.29) is 24.2 Å². The second-order valence-electron chi connectivity index (χ2n) is 6.10. The van der Waals surface area contributed by atoms with Crippen LogP contribution in [0.5, 0.6) is 0 Å². The molecule has 1 aromatic carbocycles. The van der Waals surface area contributed by atoms with Crippen molar-refractivity contribution in [3.63, 3.8) is 0 Å². The first kappa shape index (κ1) is 19.4. The molecule has 0 saturated carbocycles. The van der Waals surface area contributed by atoms with Gasteiger partial charge in [0, 0.05) is 32.4 Å². The van der Waals surface area contributed by atoms with Crippen LogP contribution in [-0.4, -0.2) is 41.5 Å². The molecule has 0 aliphatic carbocycles. The van der Waals surface area contributed by atoms with Crippen molar-refractivity contribution in [2.45, 2.75) is 25.3 Å². The fourth-order valence-corrected chi connectivity index (χ4v) is 2.94. The van der Waals surface area contributed by atoms with Gasteiger partial charge in [0.25, 0.3) is 0 Å². The summed E-state index contributed by atoms with van der Waals surface area (Å²) in [6.07, 6.45) is 4.33. The van der Waals surface area contributed by atoms with Gasteiger partial charge in [0.1, 0.15) is 0 Å². The lowest BCUT2D eigenvalue weighted by atomic mass is 9.92. The van der Waals surface area contributed by atoms with Gasteiger partial charge in [0.05, 0.1) is 17.4 Å². The van der Waals surface area contributed by atoms with Crippen LogP contribution < -0.4 is 11.1 Å². The molecule has 1 fully saturated rings. The minimum Gasteiger partial charge on any atom is -0.381 e. The number of amides is 1. The highest BCUT2D eigenvalue weighted by Crippen LogP contribution is 2.17. The smallest absolute Gasteiger partial charge is 0.237 e. The molecular weight excluding hydrogens is 340 g/mol. The first-order valence-corrected chi connectivity index (χ1v) is 8.45. The summed E-state index contributed by atoms with van der Waals surface area (Å²) in [4.78, 5) is 12.2. The zero-order valence-corrected chi connectivity index (χ0v) is 15.0. The zero-order valence-electron chi connectivity index (χ0n) is 14.1. The first-order valence-electron chi connectivity index (χ1n) is 8.45. The number of nitrogens with two attached hydrogens (primary N) is 1. The van der Waals surface area contributed by atoms with Crippen molar-refractivity contribution in [2.75, 3.05) is 19.8 Å². The lowest BCUT2D eigenvalue weighted by Crippen LogP contribution is -2.47. The van der Waals surface area contributed by atoms with Crippen LogP contribution in [0, 0.1) is 5.92 Å². The van der Waals surface area contributed by atoms with Gasteiger partial charge in [-0.1, -0.05) is 18.2 Å². The van der Waals surface area contributed by atoms with Gasteiger partial charge in [-0.15, -0.1) is 12.4 Å².